The van der Waals surface area contributed by atoms with E-state index in [2.05, 4.69) is 4.99 Å². The summed E-state index contributed by atoms with van der Waals surface area (Å²) in [5.41, 5.74) is 0.0615. The number of aliphatic imine (C=N–C) groups is 1. The van der Waals surface area contributed by atoms with Gasteiger partial charge in [0.15, 0.2) is 0 Å². The Morgan fingerprint density at radius 2 is 1.80 bits per heavy atom. The zero-order valence-electron chi connectivity index (χ0n) is 15.5. The number of hydrogen-bond acceptors (Lipinski definition) is 4. The van der Waals surface area contributed by atoms with Crippen molar-refractivity contribution < 1.29 is 22.8 Å². The van der Waals surface area contributed by atoms with Gasteiger partial charge in [-0.3, -0.25) is 15.1 Å². The second kappa shape index (κ2) is 8.54. The molecule has 0 aliphatic heterocycles. The van der Waals surface area contributed by atoms with E-state index in [-0.39, 0.29) is 11.5 Å². The van der Waals surface area contributed by atoms with Gasteiger partial charge in [0.05, 0.1) is 16.2 Å². The first kappa shape index (κ1) is 21.3. The molecule has 0 spiro atoms. The highest BCUT2D eigenvalue weighted by atomic mass is 35.5. The van der Waals surface area contributed by atoms with Crippen LogP contribution >= 0.6 is 11.6 Å². The number of alkyl halides is 3. The number of aryl methyl sites for hydroxylation is 1. The number of nitro benzene ring substituents is 1. The van der Waals surface area contributed by atoms with E-state index in [4.69, 9.17) is 16.3 Å². The molecule has 0 aromatic heterocycles. The number of hydrogen-bond donors (Lipinski definition) is 0. The van der Waals surface area contributed by atoms with Crippen molar-refractivity contribution in [2.45, 2.75) is 13.1 Å². The van der Waals surface area contributed by atoms with Crippen LogP contribution in [0.5, 0.6) is 11.5 Å². The Morgan fingerprint density at radius 3 is 2.50 bits per heavy atom. The molecule has 0 heterocycles. The molecule has 0 unspecified atom stereocenters. The number of ether oxygens (including phenoxy) is 1. The molecule has 5 nitrogen and oxygen atoms in total. The maximum atomic E-state index is 12.9. The zero-order chi connectivity index (χ0) is 21.9. The molecule has 30 heavy (non-hydrogen) atoms. The fraction of sp³-hybridized carbons (Fsp3) is 0.0952. The Bertz CT molecular complexity index is 1130. The molecule has 154 valence electrons. The van der Waals surface area contributed by atoms with Crippen molar-refractivity contribution in [2.75, 3.05) is 0 Å². The summed E-state index contributed by atoms with van der Waals surface area (Å²) in [6.07, 6.45) is -3.22. The van der Waals surface area contributed by atoms with Gasteiger partial charge in [0.2, 0.25) is 5.75 Å². The summed E-state index contributed by atoms with van der Waals surface area (Å²) in [5, 5.41) is 11.8. The number of nitrogens with zero attached hydrogens (tertiary/aromatic N) is 2. The van der Waals surface area contributed by atoms with Gasteiger partial charge in [-0.15, -0.1) is 0 Å². The minimum Gasteiger partial charge on any atom is -0.449 e. The lowest BCUT2D eigenvalue weighted by atomic mass is 10.1. The first-order valence-corrected chi connectivity index (χ1v) is 8.95. The van der Waals surface area contributed by atoms with Crippen LogP contribution in [-0.2, 0) is 6.18 Å². The molecule has 3 rings (SSSR count). The highest BCUT2D eigenvalue weighted by Gasteiger charge is 2.33. The van der Waals surface area contributed by atoms with E-state index in [1.54, 1.807) is 30.3 Å². The fourth-order valence-corrected chi connectivity index (χ4v) is 2.75. The molecule has 0 radical (unpaired) electrons. The van der Waals surface area contributed by atoms with Gasteiger partial charge in [0.1, 0.15) is 5.75 Å². The van der Waals surface area contributed by atoms with Gasteiger partial charge < -0.3 is 4.74 Å². The quantitative estimate of drug-likeness (QED) is 0.244. The highest BCUT2D eigenvalue weighted by Crippen LogP contribution is 2.38. The highest BCUT2D eigenvalue weighted by molar-refractivity contribution is 6.30. The van der Waals surface area contributed by atoms with Crippen LogP contribution in [0.3, 0.4) is 0 Å². The summed E-state index contributed by atoms with van der Waals surface area (Å²) in [7, 11) is 0. The monoisotopic (exact) mass is 434 g/mol. The lowest BCUT2D eigenvalue weighted by Crippen LogP contribution is -2.06. The molecule has 3 aromatic rings. The number of para-hydroxylation sites is 1. The molecule has 0 aliphatic carbocycles. The predicted molar refractivity (Wildman–Crippen MR) is 108 cm³/mol. The van der Waals surface area contributed by atoms with E-state index in [0.29, 0.717) is 22.3 Å². The fourth-order valence-electron chi connectivity index (χ4n) is 2.58. The Kier molecular flexibility index (Phi) is 6.07. The zero-order valence-corrected chi connectivity index (χ0v) is 16.2. The van der Waals surface area contributed by atoms with Crippen LogP contribution < -0.4 is 4.74 Å². The summed E-state index contributed by atoms with van der Waals surface area (Å²) in [5.74, 6) is -0.114. The SMILES string of the molecule is Cc1ccc(Cl)cc1N=Cc1ccccc1Oc1ccc(C(F)(F)F)cc1[N+](=O)[O-]. The van der Waals surface area contributed by atoms with E-state index >= 15 is 0 Å². The second-order valence-electron chi connectivity index (χ2n) is 6.27. The molecular formula is C21H14ClF3N2O3. The van der Waals surface area contributed by atoms with Gasteiger partial charge in [-0.05, 0) is 48.9 Å². The van der Waals surface area contributed by atoms with E-state index in [1.165, 1.54) is 12.3 Å². The summed E-state index contributed by atoms with van der Waals surface area (Å²) in [6.45, 7) is 1.86. The summed E-state index contributed by atoms with van der Waals surface area (Å²) >= 11 is 5.99. The predicted octanol–water partition coefficient (Wildman–Crippen LogP) is 7.12. The molecule has 9 heteroatoms. The van der Waals surface area contributed by atoms with Crippen LogP contribution in [0.2, 0.25) is 5.02 Å². The lowest BCUT2D eigenvalue weighted by Gasteiger charge is -2.11. The van der Waals surface area contributed by atoms with Gasteiger partial charge in [0.25, 0.3) is 0 Å². The molecule has 0 atom stereocenters. The van der Waals surface area contributed by atoms with Gasteiger partial charge in [0, 0.05) is 22.9 Å². The van der Waals surface area contributed by atoms with Crippen LogP contribution in [0.4, 0.5) is 24.5 Å². The molecule has 0 saturated carbocycles. The van der Waals surface area contributed by atoms with Crippen molar-refractivity contribution in [1.82, 2.24) is 0 Å². The Labute approximate surface area is 174 Å². The average Bonchev–Trinajstić information content (AvgIpc) is 2.69. The van der Waals surface area contributed by atoms with E-state index < -0.39 is 22.4 Å². The maximum Gasteiger partial charge on any atom is 0.416 e. The van der Waals surface area contributed by atoms with Gasteiger partial charge in [-0.1, -0.05) is 29.8 Å². The molecule has 0 saturated heterocycles. The summed E-state index contributed by atoms with van der Waals surface area (Å²) in [6, 6.07) is 13.9. The summed E-state index contributed by atoms with van der Waals surface area (Å²) in [4.78, 5) is 14.7. The van der Waals surface area contributed by atoms with Crippen LogP contribution in [0.25, 0.3) is 0 Å². The third-order valence-corrected chi connectivity index (χ3v) is 4.37. The molecule has 0 aliphatic rings. The lowest BCUT2D eigenvalue weighted by molar-refractivity contribution is -0.385. The Morgan fingerprint density at radius 1 is 1.07 bits per heavy atom. The third-order valence-electron chi connectivity index (χ3n) is 4.14. The number of rotatable bonds is 5. The minimum atomic E-state index is -4.71. The van der Waals surface area contributed by atoms with E-state index in [9.17, 15) is 23.3 Å². The average molecular weight is 435 g/mol. The molecule has 0 amide bonds. The van der Waals surface area contributed by atoms with E-state index in [1.807, 2.05) is 13.0 Å². The van der Waals surface area contributed by atoms with Crippen molar-refractivity contribution in [1.29, 1.82) is 0 Å². The van der Waals surface area contributed by atoms with Crippen molar-refractivity contribution >= 4 is 29.2 Å². The van der Waals surface area contributed by atoms with Gasteiger partial charge in [-0.25, -0.2) is 0 Å². The maximum absolute atomic E-state index is 12.9. The van der Waals surface area contributed by atoms with Crippen molar-refractivity contribution in [3.63, 3.8) is 0 Å². The topological polar surface area (TPSA) is 64.7 Å². The molecule has 0 fully saturated rings. The number of benzene rings is 3. The minimum absolute atomic E-state index is 0.198. The molecule has 0 bridgehead atoms. The van der Waals surface area contributed by atoms with Crippen LogP contribution in [0.15, 0.2) is 65.7 Å². The normalized spacial score (nSPS) is 11.6. The largest absolute Gasteiger partial charge is 0.449 e. The third kappa shape index (κ3) is 4.96. The first-order valence-electron chi connectivity index (χ1n) is 8.58. The van der Waals surface area contributed by atoms with Crippen LogP contribution in [0, 0.1) is 17.0 Å². The van der Waals surface area contributed by atoms with Crippen molar-refractivity contribution in [3.8, 4) is 11.5 Å². The Hall–Kier alpha value is -3.39. The standard InChI is InChI=1S/C21H14ClF3N2O3/c1-13-6-8-16(22)11-17(13)26-12-14-4-2-3-5-19(14)30-20-9-7-15(21(23,24)25)10-18(20)27(28)29/h2-12H,1H3. The molecule has 0 N–H and O–H groups in total. The number of nitro groups is 1. The summed E-state index contributed by atoms with van der Waals surface area (Å²) < 4.78 is 44.2. The van der Waals surface area contributed by atoms with Crippen LogP contribution in [0.1, 0.15) is 16.7 Å². The number of halogens is 4. The van der Waals surface area contributed by atoms with Crippen LogP contribution in [-0.4, -0.2) is 11.1 Å². The van der Waals surface area contributed by atoms with Gasteiger partial charge in [-0.2, -0.15) is 13.2 Å². The molecule has 3 aromatic carbocycles. The van der Waals surface area contributed by atoms with E-state index in [0.717, 1.165) is 17.7 Å². The Balaban J connectivity index is 1.96. The smallest absolute Gasteiger partial charge is 0.416 e. The molecular weight excluding hydrogens is 421 g/mol. The van der Waals surface area contributed by atoms with Gasteiger partial charge >= 0.3 is 11.9 Å². The van der Waals surface area contributed by atoms with Crippen molar-refractivity contribution in [3.05, 3.63) is 92.5 Å². The van der Waals surface area contributed by atoms with Crippen molar-refractivity contribution in [2.24, 2.45) is 4.99 Å². The first-order chi connectivity index (χ1) is 14.1. The second-order valence-corrected chi connectivity index (χ2v) is 6.70.